The largest absolute Gasteiger partial charge is 0.313 e. The fraction of sp³-hybridized carbons (Fsp3) is 0.833. The molecule has 1 rings (SSSR count). The zero-order valence-corrected chi connectivity index (χ0v) is 4.85. The van der Waals surface area contributed by atoms with E-state index < -0.39 is 18.4 Å². The first-order valence-corrected chi connectivity index (χ1v) is 2.88. The quantitative estimate of drug-likeness (QED) is 0.441. The molecule has 0 heterocycles. The molecule has 0 bridgehead atoms. The van der Waals surface area contributed by atoms with Crippen LogP contribution in [-0.4, -0.2) is 18.4 Å². The fourth-order valence-corrected chi connectivity index (χ4v) is 1.02. The van der Waals surface area contributed by atoms with E-state index in [1.807, 2.05) is 0 Å². The first kappa shape index (κ1) is 6.47. The van der Waals surface area contributed by atoms with Gasteiger partial charge in [-0.1, -0.05) is 0 Å². The van der Waals surface area contributed by atoms with Gasteiger partial charge in [-0.05, 0) is 0 Å². The van der Waals surface area contributed by atoms with Gasteiger partial charge in [0.1, 0.15) is 12.3 Å². The minimum absolute atomic E-state index is 0.0880. The van der Waals surface area contributed by atoms with Gasteiger partial charge in [0.05, 0.1) is 12.8 Å². The van der Waals surface area contributed by atoms with Crippen LogP contribution in [0.25, 0.3) is 4.85 Å². The number of nitrogens with zero attached hydrogens (tertiary/aromatic N) is 1. The standard InChI is InChI=1S/C6H7F2N/c1-9-4-2-5(7)6(8)3-4/h4-6H,2-3H2/t4?,5-,6+. The van der Waals surface area contributed by atoms with Gasteiger partial charge in [0.2, 0.25) is 6.04 Å². The Kier molecular flexibility index (Phi) is 1.65. The maximum absolute atomic E-state index is 12.2. The highest BCUT2D eigenvalue weighted by atomic mass is 19.2. The maximum atomic E-state index is 12.2. The number of rotatable bonds is 0. The zero-order chi connectivity index (χ0) is 6.85. The van der Waals surface area contributed by atoms with Crippen molar-refractivity contribution in [3.05, 3.63) is 11.4 Å². The third kappa shape index (κ3) is 1.18. The topological polar surface area (TPSA) is 4.36 Å². The summed E-state index contributed by atoms with van der Waals surface area (Å²) >= 11 is 0. The molecule has 0 aromatic rings. The molecule has 0 spiro atoms. The van der Waals surface area contributed by atoms with Gasteiger partial charge < -0.3 is 4.85 Å². The van der Waals surface area contributed by atoms with Crippen molar-refractivity contribution in [1.29, 1.82) is 0 Å². The molecule has 3 heteroatoms. The van der Waals surface area contributed by atoms with Crippen LogP contribution in [0.15, 0.2) is 0 Å². The van der Waals surface area contributed by atoms with Crippen molar-refractivity contribution in [2.24, 2.45) is 0 Å². The molecule has 0 N–H and O–H groups in total. The number of alkyl halides is 2. The van der Waals surface area contributed by atoms with E-state index in [4.69, 9.17) is 6.57 Å². The van der Waals surface area contributed by atoms with Gasteiger partial charge in [-0.2, -0.15) is 0 Å². The highest BCUT2D eigenvalue weighted by Crippen LogP contribution is 2.27. The SMILES string of the molecule is [C-]#[N+]C1C[C@@H](F)[C@@H](F)C1. The second-order valence-electron chi connectivity index (χ2n) is 2.29. The second kappa shape index (κ2) is 2.30. The fourth-order valence-electron chi connectivity index (χ4n) is 1.02. The molecule has 0 aliphatic heterocycles. The minimum Gasteiger partial charge on any atom is -0.313 e. The molecule has 0 saturated heterocycles. The summed E-state index contributed by atoms with van der Waals surface area (Å²) < 4.78 is 24.5. The number of hydrogen-bond acceptors (Lipinski definition) is 0. The smallest absolute Gasteiger partial charge is 0.229 e. The van der Waals surface area contributed by atoms with Gasteiger partial charge in [-0.3, -0.25) is 0 Å². The van der Waals surface area contributed by atoms with Crippen molar-refractivity contribution in [1.82, 2.24) is 0 Å². The molecule has 1 fully saturated rings. The molecule has 9 heavy (non-hydrogen) atoms. The lowest BCUT2D eigenvalue weighted by molar-refractivity contribution is 0.199. The highest BCUT2D eigenvalue weighted by Gasteiger charge is 2.38. The van der Waals surface area contributed by atoms with Crippen molar-refractivity contribution in [3.8, 4) is 0 Å². The Morgan fingerprint density at radius 3 is 1.89 bits per heavy atom. The summed E-state index contributed by atoms with van der Waals surface area (Å²) in [6.07, 6.45) is -2.59. The first-order chi connectivity index (χ1) is 4.24. The molecule has 0 amide bonds. The number of hydrogen-bond donors (Lipinski definition) is 0. The monoisotopic (exact) mass is 131 g/mol. The molecule has 50 valence electrons. The molecule has 1 unspecified atom stereocenters. The average molecular weight is 131 g/mol. The van der Waals surface area contributed by atoms with Crippen LogP contribution in [-0.2, 0) is 0 Å². The summed E-state index contributed by atoms with van der Waals surface area (Å²) in [5.41, 5.74) is 0. The molecule has 1 saturated carbocycles. The Morgan fingerprint density at radius 1 is 1.22 bits per heavy atom. The van der Waals surface area contributed by atoms with Gasteiger partial charge in [-0.15, -0.1) is 0 Å². The van der Waals surface area contributed by atoms with E-state index in [1.54, 1.807) is 0 Å². The van der Waals surface area contributed by atoms with Crippen molar-refractivity contribution in [2.75, 3.05) is 0 Å². The first-order valence-electron chi connectivity index (χ1n) is 2.88. The second-order valence-corrected chi connectivity index (χ2v) is 2.29. The third-order valence-electron chi connectivity index (χ3n) is 1.57. The lowest BCUT2D eigenvalue weighted by Crippen LogP contribution is -2.06. The van der Waals surface area contributed by atoms with Crippen molar-refractivity contribution in [3.63, 3.8) is 0 Å². The van der Waals surface area contributed by atoms with Gasteiger partial charge in [-0.25, -0.2) is 15.4 Å². The number of halogens is 2. The Bertz CT molecular complexity index is 130. The van der Waals surface area contributed by atoms with Crippen LogP contribution >= 0.6 is 0 Å². The summed E-state index contributed by atoms with van der Waals surface area (Å²) in [5, 5.41) is 0. The predicted molar refractivity (Wildman–Crippen MR) is 29.4 cm³/mol. The lowest BCUT2D eigenvalue weighted by Gasteiger charge is -1.95. The summed E-state index contributed by atoms with van der Waals surface area (Å²) in [4.78, 5) is 3.06. The lowest BCUT2D eigenvalue weighted by atomic mass is 10.3. The third-order valence-corrected chi connectivity index (χ3v) is 1.57. The van der Waals surface area contributed by atoms with Crippen molar-refractivity contribution < 1.29 is 8.78 Å². The molecule has 1 aliphatic rings. The van der Waals surface area contributed by atoms with Gasteiger partial charge in [0.25, 0.3) is 0 Å². The normalized spacial score (nSPS) is 42.6. The van der Waals surface area contributed by atoms with Crippen LogP contribution in [0, 0.1) is 6.57 Å². The van der Waals surface area contributed by atoms with Gasteiger partial charge >= 0.3 is 0 Å². The minimum atomic E-state index is -1.39. The maximum Gasteiger partial charge on any atom is 0.229 e. The van der Waals surface area contributed by atoms with Gasteiger partial charge in [0, 0.05) is 0 Å². The molecular formula is C6H7F2N. The molecule has 0 radical (unpaired) electrons. The molecular weight excluding hydrogens is 124 g/mol. The molecule has 1 aliphatic carbocycles. The summed E-state index contributed by atoms with van der Waals surface area (Å²) in [6, 6.07) is -0.407. The highest BCUT2D eigenvalue weighted by molar-refractivity contribution is 4.93. The van der Waals surface area contributed by atoms with E-state index >= 15 is 0 Å². The van der Waals surface area contributed by atoms with Crippen LogP contribution in [0.2, 0.25) is 0 Å². The van der Waals surface area contributed by atoms with E-state index in [9.17, 15) is 8.78 Å². The van der Waals surface area contributed by atoms with Crippen LogP contribution in [0.4, 0.5) is 8.78 Å². The van der Waals surface area contributed by atoms with E-state index in [0.29, 0.717) is 0 Å². The Morgan fingerprint density at radius 2 is 1.67 bits per heavy atom. The van der Waals surface area contributed by atoms with E-state index in [2.05, 4.69) is 4.85 Å². The molecule has 3 atom stereocenters. The van der Waals surface area contributed by atoms with Crippen molar-refractivity contribution >= 4 is 0 Å². The average Bonchev–Trinajstić information content (AvgIpc) is 2.13. The zero-order valence-electron chi connectivity index (χ0n) is 4.85. The van der Waals surface area contributed by atoms with Crippen molar-refractivity contribution in [2.45, 2.75) is 31.2 Å². The Balaban J connectivity index is 2.46. The summed E-state index contributed by atoms with van der Waals surface area (Å²) in [5.74, 6) is 0. The molecule has 1 nitrogen and oxygen atoms in total. The van der Waals surface area contributed by atoms with Crippen LogP contribution in [0.5, 0.6) is 0 Å². The Hall–Kier alpha value is -0.650. The Labute approximate surface area is 52.5 Å². The van der Waals surface area contributed by atoms with E-state index in [0.717, 1.165) is 0 Å². The summed E-state index contributed by atoms with van der Waals surface area (Å²) in [7, 11) is 0. The van der Waals surface area contributed by atoms with E-state index in [1.165, 1.54) is 0 Å². The predicted octanol–water partition coefficient (Wildman–Crippen LogP) is 1.74. The summed E-state index contributed by atoms with van der Waals surface area (Å²) in [6.45, 7) is 6.47. The van der Waals surface area contributed by atoms with Crippen LogP contribution < -0.4 is 0 Å². The molecule has 0 aromatic heterocycles. The van der Waals surface area contributed by atoms with Crippen LogP contribution in [0.3, 0.4) is 0 Å². The van der Waals surface area contributed by atoms with Crippen LogP contribution in [0.1, 0.15) is 12.8 Å². The van der Waals surface area contributed by atoms with E-state index in [-0.39, 0.29) is 12.8 Å². The molecule has 0 aromatic carbocycles. The van der Waals surface area contributed by atoms with Gasteiger partial charge in [0.15, 0.2) is 0 Å².